The van der Waals surface area contributed by atoms with Crippen molar-refractivity contribution in [1.29, 1.82) is 0 Å². The number of nitrogens with zero attached hydrogens (tertiary/aromatic N) is 1. The Kier molecular flexibility index (Phi) is 9.06. The highest BCUT2D eigenvalue weighted by atomic mass is 32.2. The fraction of sp³-hybridized carbons (Fsp3) is 0.269. The molecule has 0 radical (unpaired) electrons. The van der Waals surface area contributed by atoms with E-state index in [0.29, 0.717) is 23.8 Å². The molecular weight excluding hydrogens is 484 g/mol. The first-order chi connectivity index (χ1) is 16.8. The van der Waals surface area contributed by atoms with E-state index < -0.39 is 22.5 Å². The number of nitrogens with one attached hydrogen (secondary N) is 1. The van der Waals surface area contributed by atoms with Crippen LogP contribution in [-0.2, 0) is 14.8 Å². The number of methoxy groups -OCH3 is 1. The molecule has 35 heavy (non-hydrogen) atoms. The molecule has 1 atom stereocenters. The summed E-state index contributed by atoms with van der Waals surface area (Å²) in [5.74, 6) is 0.656. The number of ether oxygens (including phenoxy) is 2. The number of hydrogen-bond acceptors (Lipinski definition) is 6. The summed E-state index contributed by atoms with van der Waals surface area (Å²) < 4.78 is 39.4. The van der Waals surface area contributed by atoms with Crippen LogP contribution in [0, 0.1) is 0 Å². The monoisotopic (exact) mass is 514 g/mol. The number of carbonyl (C=O) groups excluding carboxylic acids is 1. The van der Waals surface area contributed by atoms with Gasteiger partial charge in [-0.1, -0.05) is 24.3 Å². The Bertz CT molecular complexity index is 1230. The number of rotatable bonds is 11. The van der Waals surface area contributed by atoms with Crippen molar-refractivity contribution in [2.75, 3.05) is 30.8 Å². The van der Waals surface area contributed by atoms with Gasteiger partial charge in [-0.3, -0.25) is 9.10 Å². The lowest BCUT2D eigenvalue weighted by Crippen LogP contribution is -2.41. The number of anilines is 1. The van der Waals surface area contributed by atoms with Crippen molar-refractivity contribution in [2.45, 2.75) is 29.7 Å². The smallest absolute Gasteiger partial charge is 0.264 e. The molecule has 0 aliphatic heterocycles. The van der Waals surface area contributed by atoms with Crippen LogP contribution in [0.15, 0.2) is 82.6 Å². The Morgan fingerprint density at radius 2 is 1.69 bits per heavy atom. The zero-order chi connectivity index (χ0) is 25.4. The van der Waals surface area contributed by atoms with Crippen molar-refractivity contribution in [3.63, 3.8) is 0 Å². The Morgan fingerprint density at radius 3 is 2.29 bits per heavy atom. The molecule has 0 aliphatic carbocycles. The molecule has 0 heterocycles. The normalized spacial score (nSPS) is 12.0. The fourth-order valence-electron chi connectivity index (χ4n) is 3.51. The number of carbonyl (C=O) groups is 1. The van der Waals surface area contributed by atoms with Gasteiger partial charge in [0.05, 0.1) is 30.3 Å². The van der Waals surface area contributed by atoms with Crippen LogP contribution in [0.3, 0.4) is 0 Å². The van der Waals surface area contributed by atoms with Crippen LogP contribution in [0.4, 0.5) is 5.69 Å². The lowest BCUT2D eigenvalue weighted by atomic mass is 10.1. The first kappa shape index (κ1) is 26.4. The Labute approximate surface area is 211 Å². The van der Waals surface area contributed by atoms with Crippen LogP contribution in [-0.4, -0.2) is 40.8 Å². The van der Waals surface area contributed by atoms with Crippen molar-refractivity contribution < 1.29 is 22.7 Å². The summed E-state index contributed by atoms with van der Waals surface area (Å²) in [7, 11) is -2.47. The minimum absolute atomic E-state index is 0.0950. The SMILES string of the molecule is CCOc1ccccc1N(CC(=O)N[C@H](C)c1ccc(OC)cc1)S(=O)(=O)c1ccc(SC)cc1. The molecule has 0 aromatic heterocycles. The largest absolute Gasteiger partial charge is 0.497 e. The Hall–Kier alpha value is -3.17. The van der Waals surface area contributed by atoms with Gasteiger partial charge < -0.3 is 14.8 Å². The molecule has 1 N–H and O–H groups in total. The highest BCUT2D eigenvalue weighted by Crippen LogP contribution is 2.33. The summed E-state index contributed by atoms with van der Waals surface area (Å²) in [6.45, 7) is 3.61. The number of hydrogen-bond donors (Lipinski definition) is 1. The summed E-state index contributed by atoms with van der Waals surface area (Å²) in [6.07, 6.45) is 1.92. The number of thioether (sulfide) groups is 1. The van der Waals surface area contributed by atoms with Crippen molar-refractivity contribution in [3.05, 3.63) is 78.4 Å². The highest BCUT2D eigenvalue weighted by molar-refractivity contribution is 7.98. The quantitative estimate of drug-likeness (QED) is 0.367. The van der Waals surface area contributed by atoms with Crippen molar-refractivity contribution in [1.82, 2.24) is 5.32 Å². The third-order valence-corrected chi connectivity index (χ3v) is 7.88. The predicted octanol–water partition coefficient (Wildman–Crippen LogP) is 4.89. The molecule has 3 rings (SSSR count). The van der Waals surface area contributed by atoms with Gasteiger partial charge in [0.1, 0.15) is 18.0 Å². The molecule has 3 aromatic rings. The molecule has 0 unspecified atom stereocenters. The van der Waals surface area contributed by atoms with E-state index in [2.05, 4.69) is 5.32 Å². The van der Waals surface area contributed by atoms with Gasteiger partial charge in [-0.25, -0.2) is 8.42 Å². The van der Waals surface area contributed by atoms with Crippen LogP contribution < -0.4 is 19.1 Å². The van der Waals surface area contributed by atoms with Crippen molar-refractivity contribution >= 4 is 33.4 Å². The standard InChI is InChI=1S/C26H30N2O5S2/c1-5-33-25-9-7-6-8-24(25)28(35(30,31)23-16-14-22(34-4)15-17-23)18-26(29)27-19(2)20-10-12-21(32-3)13-11-20/h6-17,19H,5,18H2,1-4H3,(H,27,29)/t19-/m1/s1. The average molecular weight is 515 g/mol. The molecule has 1 amide bonds. The first-order valence-corrected chi connectivity index (χ1v) is 13.8. The minimum atomic E-state index is -4.06. The maximum absolute atomic E-state index is 13.7. The minimum Gasteiger partial charge on any atom is -0.497 e. The van der Waals surface area contributed by atoms with Gasteiger partial charge >= 0.3 is 0 Å². The van der Waals surface area contributed by atoms with E-state index >= 15 is 0 Å². The number of amides is 1. The predicted molar refractivity (Wildman–Crippen MR) is 140 cm³/mol. The third-order valence-electron chi connectivity index (χ3n) is 5.36. The molecule has 0 bridgehead atoms. The summed E-state index contributed by atoms with van der Waals surface area (Å²) in [5, 5.41) is 2.90. The van der Waals surface area contributed by atoms with Gasteiger partial charge in [0.15, 0.2) is 0 Å². The van der Waals surface area contributed by atoms with E-state index in [-0.39, 0.29) is 10.9 Å². The summed E-state index contributed by atoms with van der Waals surface area (Å²) in [5.41, 5.74) is 1.17. The number of sulfonamides is 1. The van der Waals surface area contributed by atoms with Gasteiger partial charge in [-0.15, -0.1) is 11.8 Å². The second-order valence-corrected chi connectivity index (χ2v) is 10.4. The molecular formula is C26H30N2O5S2. The number of para-hydroxylation sites is 2. The maximum Gasteiger partial charge on any atom is 0.264 e. The summed E-state index contributed by atoms with van der Waals surface area (Å²) in [4.78, 5) is 14.1. The zero-order valence-corrected chi connectivity index (χ0v) is 21.9. The van der Waals surface area contributed by atoms with Gasteiger partial charge in [0, 0.05) is 4.90 Å². The van der Waals surface area contributed by atoms with Crippen LogP contribution in [0.1, 0.15) is 25.5 Å². The molecule has 0 saturated carbocycles. The molecule has 0 aliphatic rings. The maximum atomic E-state index is 13.7. The van der Waals surface area contributed by atoms with Crippen LogP contribution in [0.5, 0.6) is 11.5 Å². The van der Waals surface area contributed by atoms with Crippen LogP contribution in [0.25, 0.3) is 0 Å². The molecule has 9 heteroatoms. The summed E-state index contributed by atoms with van der Waals surface area (Å²) in [6, 6.07) is 20.4. The third kappa shape index (κ3) is 6.49. The lowest BCUT2D eigenvalue weighted by Gasteiger charge is -2.26. The van der Waals surface area contributed by atoms with Gasteiger partial charge in [0.25, 0.3) is 10.0 Å². The first-order valence-electron chi connectivity index (χ1n) is 11.1. The van der Waals surface area contributed by atoms with E-state index in [1.807, 2.05) is 44.4 Å². The molecule has 186 valence electrons. The van der Waals surface area contributed by atoms with E-state index in [0.717, 1.165) is 14.8 Å². The molecule has 0 spiro atoms. The van der Waals surface area contributed by atoms with Crippen molar-refractivity contribution in [2.24, 2.45) is 0 Å². The Morgan fingerprint density at radius 1 is 1.03 bits per heavy atom. The van der Waals surface area contributed by atoms with Gasteiger partial charge in [-0.05, 0) is 74.2 Å². The van der Waals surface area contributed by atoms with Gasteiger partial charge in [-0.2, -0.15) is 0 Å². The van der Waals surface area contributed by atoms with E-state index in [4.69, 9.17) is 9.47 Å². The van der Waals surface area contributed by atoms with Gasteiger partial charge in [0.2, 0.25) is 5.91 Å². The van der Waals surface area contributed by atoms with Crippen LogP contribution in [0.2, 0.25) is 0 Å². The average Bonchev–Trinajstić information content (AvgIpc) is 2.88. The second kappa shape index (κ2) is 12.0. The molecule has 3 aromatic carbocycles. The molecule has 7 nitrogen and oxygen atoms in total. The number of benzene rings is 3. The van der Waals surface area contributed by atoms with E-state index in [1.54, 1.807) is 55.6 Å². The van der Waals surface area contributed by atoms with E-state index in [9.17, 15) is 13.2 Å². The van der Waals surface area contributed by atoms with Crippen molar-refractivity contribution in [3.8, 4) is 11.5 Å². The fourth-order valence-corrected chi connectivity index (χ4v) is 5.35. The highest BCUT2D eigenvalue weighted by Gasteiger charge is 2.30. The van der Waals surface area contributed by atoms with E-state index in [1.165, 1.54) is 11.8 Å². The second-order valence-electron chi connectivity index (χ2n) is 7.65. The lowest BCUT2D eigenvalue weighted by molar-refractivity contribution is -0.120. The topological polar surface area (TPSA) is 84.9 Å². The molecule has 0 fully saturated rings. The van der Waals surface area contributed by atoms with Crippen LogP contribution >= 0.6 is 11.8 Å². The molecule has 0 saturated heterocycles. The zero-order valence-electron chi connectivity index (χ0n) is 20.2. The summed E-state index contributed by atoms with van der Waals surface area (Å²) >= 11 is 1.52. The Balaban J connectivity index is 1.92.